The van der Waals surface area contributed by atoms with E-state index in [4.69, 9.17) is 4.42 Å². The van der Waals surface area contributed by atoms with Crippen LogP contribution in [-0.4, -0.2) is 34.8 Å². The summed E-state index contributed by atoms with van der Waals surface area (Å²) < 4.78 is 5.40. The summed E-state index contributed by atoms with van der Waals surface area (Å²) >= 11 is 0. The summed E-state index contributed by atoms with van der Waals surface area (Å²) in [5, 5.41) is 2.89. The Balaban J connectivity index is 1.51. The van der Waals surface area contributed by atoms with Gasteiger partial charge in [0.2, 0.25) is 5.91 Å². The Morgan fingerprint density at radius 1 is 1.17 bits per heavy atom. The monoisotopic (exact) mass is 409 g/mol. The number of imide groups is 1. The van der Waals surface area contributed by atoms with E-state index in [0.29, 0.717) is 30.2 Å². The average molecular weight is 409 g/mol. The molecule has 1 saturated carbocycles. The maximum atomic E-state index is 13.2. The standard InChI is InChI=1S/C23H27N3O4/c1-2-17-10-12-23(13-11-17)21(28)26(22(29)24-23)16-20(27)25(15-19-9-6-14-30-19)18-7-4-3-5-8-18/h3-9,14,17H,2,10-13,15-16H2,1H3,(H,24,29). The summed E-state index contributed by atoms with van der Waals surface area (Å²) in [6, 6.07) is 12.3. The van der Waals surface area contributed by atoms with Crippen molar-refractivity contribution in [2.45, 2.75) is 51.1 Å². The molecule has 2 fully saturated rings. The van der Waals surface area contributed by atoms with Gasteiger partial charge in [-0.25, -0.2) is 4.79 Å². The number of hydrogen-bond acceptors (Lipinski definition) is 4. The van der Waals surface area contributed by atoms with Crippen molar-refractivity contribution >= 4 is 23.5 Å². The molecule has 158 valence electrons. The molecule has 0 atom stereocenters. The highest BCUT2D eigenvalue weighted by Crippen LogP contribution is 2.37. The van der Waals surface area contributed by atoms with Crippen LogP contribution in [0.4, 0.5) is 10.5 Å². The number of carbonyl (C=O) groups is 3. The van der Waals surface area contributed by atoms with Crippen LogP contribution in [0.3, 0.4) is 0 Å². The molecule has 7 nitrogen and oxygen atoms in total. The Labute approximate surface area is 176 Å². The Bertz CT molecular complexity index is 902. The number of nitrogens with zero attached hydrogens (tertiary/aromatic N) is 2. The lowest BCUT2D eigenvalue weighted by Gasteiger charge is -2.34. The van der Waals surface area contributed by atoms with E-state index in [1.54, 1.807) is 23.3 Å². The zero-order chi connectivity index (χ0) is 21.1. The van der Waals surface area contributed by atoms with Crippen molar-refractivity contribution in [2.75, 3.05) is 11.4 Å². The Hall–Kier alpha value is -3.09. The van der Waals surface area contributed by atoms with Crippen LogP contribution in [0, 0.1) is 5.92 Å². The van der Waals surface area contributed by atoms with Gasteiger partial charge in [0.1, 0.15) is 17.8 Å². The van der Waals surface area contributed by atoms with Crippen LogP contribution in [0.1, 0.15) is 44.8 Å². The lowest BCUT2D eigenvalue weighted by atomic mass is 9.75. The summed E-state index contributed by atoms with van der Waals surface area (Å²) in [4.78, 5) is 41.6. The number of anilines is 1. The molecule has 2 aromatic rings. The Morgan fingerprint density at radius 3 is 2.53 bits per heavy atom. The number of amides is 4. The largest absolute Gasteiger partial charge is 0.467 e. The number of carbonyl (C=O) groups excluding carboxylic acids is 3. The predicted octanol–water partition coefficient (Wildman–Crippen LogP) is 3.70. The normalized spacial score (nSPS) is 23.6. The molecule has 1 N–H and O–H groups in total. The lowest BCUT2D eigenvalue weighted by Crippen LogP contribution is -2.50. The maximum Gasteiger partial charge on any atom is 0.325 e. The highest BCUT2D eigenvalue weighted by atomic mass is 16.3. The van der Waals surface area contributed by atoms with E-state index in [1.165, 1.54) is 0 Å². The van der Waals surface area contributed by atoms with Crippen molar-refractivity contribution in [2.24, 2.45) is 5.92 Å². The van der Waals surface area contributed by atoms with Gasteiger partial charge in [-0.05, 0) is 55.9 Å². The van der Waals surface area contributed by atoms with E-state index in [-0.39, 0.29) is 24.9 Å². The van der Waals surface area contributed by atoms with E-state index >= 15 is 0 Å². The van der Waals surface area contributed by atoms with E-state index in [9.17, 15) is 14.4 Å². The number of benzene rings is 1. The van der Waals surface area contributed by atoms with Crippen molar-refractivity contribution in [1.82, 2.24) is 10.2 Å². The second-order valence-corrected chi connectivity index (χ2v) is 8.15. The number of urea groups is 1. The zero-order valence-corrected chi connectivity index (χ0v) is 17.2. The molecule has 1 aliphatic carbocycles. The third-order valence-electron chi connectivity index (χ3n) is 6.34. The molecule has 1 spiro atoms. The van der Waals surface area contributed by atoms with Crippen LogP contribution in [-0.2, 0) is 16.1 Å². The van der Waals surface area contributed by atoms with E-state index < -0.39 is 11.6 Å². The third kappa shape index (κ3) is 3.84. The Morgan fingerprint density at radius 2 is 1.90 bits per heavy atom. The first-order valence-corrected chi connectivity index (χ1v) is 10.5. The van der Waals surface area contributed by atoms with Crippen LogP contribution in [0.5, 0.6) is 0 Å². The Kier molecular flexibility index (Phi) is 5.61. The molecule has 30 heavy (non-hydrogen) atoms. The SMILES string of the molecule is CCC1CCC2(CC1)NC(=O)N(CC(=O)N(Cc1ccco1)c1ccccc1)C2=O. The van der Waals surface area contributed by atoms with Crippen LogP contribution in [0.2, 0.25) is 0 Å². The third-order valence-corrected chi connectivity index (χ3v) is 6.34. The maximum absolute atomic E-state index is 13.2. The fourth-order valence-electron chi connectivity index (χ4n) is 4.45. The summed E-state index contributed by atoms with van der Waals surface area (Å²) in [6.45, 7) is 2.09. The number of hydrogen-bond donors (Lipinski definition) is 1. The van der Waals surface area contributed by atoms with Crippen LogP contribution >= 0.6 is 0 Å². The molecular weight excluding hydrogens is 382 g/mol. The minimum absolute atomic E-state index is 0.225. The number of furan rings is 1. The highest BCUT2D eigenvalue weighted by molar-refractivity contribution is 6.10. The highest BCUT2D eigenvalue weighted by Gasteiger charge is 2.52. The van der Waals surface area contributed by atoms with E-state index in [1.807, 2.05) is 30.3 Å². The zero-order valence-electron chi connectivity index (χ0n) is 17.2. The fourth-order valence-corrected chi connectivity index (χ4v) is 4.45. The van der Waals surface area contributed by atoms with Crippen LogP contribution < -0.4 is 10.2 Å². The second-order valence-electron chi connectivity index (χ2n) is 8.15. The van der Waals surface area contributed by atoms with Gasteiger partial charge in [0.15, 0.2) is 0 Å². The van der Waals surface area contributed by atoms with Gasteiger partial charge in [0.25, 0.3) is 5.91 Å². The van der Waals surface area contributed by atoms with Gasteiger partial charge in [-0.3, -0.25) is 14.5 Å². The first-order chi connectivity index (χ1) is 14.5. The number of nitrogens with one attached hydrogen (secondary N) is 1. The topological polar surface area (TPSA) is 82.9 Å². The molecule has 1 saturated heterocycles. The van der Waals surface area contributed by atoms with Gasteiger partial charge in [-0.2, -0.15) is 0 Å². The van der Waals surface area contributed by atoms with Gasteiger partial charge >= 0.3 is 6.03 Å². The molecule has 1 aromatic heterocycles. The van der Waals surface area contributed by atoms with E-state index in [2.05, 4.69) is 12.2 Å². The molecule has 1 aliphatic heterocycles. The smallest absolute Gasteiger partial charge is 0.325 e. The molecule has 1 aromatic carbocycles. The lowest BCUT2D eigenvalue weighted by molar-refractivity contribution is -0.135. The van der Waals surface area contributed by atoms with E-state index in [0.717, 1.165) is 24.2 Å². The summed E-state index contributed by atoms with van der Waals surface area (Å²) in [7, 11) is 0. The van der Waals surface area contributed by atoms with Gasteiger partial charge < -0.3 is 14.6 Å². The molecule has 4 amide bonds. The summed E-state index contributed by atoms with van der Waals surface area (Å²) in [5.41, 5.74) is -0.161. The van der Waals surface area contributed by atoms with Crippen molar-refractivity contribution in [3.63, 3.8) is 0 Å². The second kappa shape index (κ2) is 8.34. The molecule has 0 bridgehead atoms. The molecule has 2 aliphatic rings. The quantitative estimate of drug-likeness (QED) is 0.738. The molecule has 7 heteroatoms. The predicted molar refractivity (Wildman–Crippen MR) is 112 cm³/mol. The minimum atomic E-state index is -0.846. The minimum Gasteiger partial charge on any atom is -0.467 e. The summed E-state index contributed by atoms with van der Waals surface area (Å²) in [5.74, 6) is 0.610. The fraction of sp³-hybridized carbons (Fsp3) is 0.435. The number of para-hydroxylation sites is 1. The molecule has 0 unspecified atom stereocenters. The van der Waals surface area contributed by atoms with Crippen molar-refractivity contribution in [3.05, 3.63) is 54.5 Å². The van der Waals surface area contributed by atoms with Crippen molar-refractivity contribution in [1.29, 1.82) is 0 Å². The van der Waals surface area contributed by atoms with Gasteiger partial charge in [-0.15, -0.1) is 0 Å². The van der Waals surface area contributed by atoms with Gasteiger partial charge in [0, 0.05) is 5.69 Å². The van der Waals surface area contributed by atoms with Gasteiger partial charge in [-0.1, -0.05) is 31.5 Å². The summed E-state index contributed by atoms with van der Waals surface area (Å²) in [6.07, 6.45) is 5.74. The van der Waals surface area contributed by atoms with Gasteiger partial charge in [0.05, 0.1) is 12.8 Å². The van der Waals surface area contributed by atoms with Crippen molar-refractivity contribution in [3.8, 4) is 0 Å². The molecule has 0 radical (unpaired) electrons. The van der Waals surface area contributed by atoms with Crippen molar-refractivity contribution < 1.29 is 18.8 Å². The first kappa shape index (κ1) is 20.2. The molecular formula is C23H27N3O4. The van der Waals surface area contributed by atoms with Crippen LogP contribution in [0.15, 0.2) is 53.1 Å². The average Bonchev–Trinajstić information content (AvgIpc) is 3.36. The number of rotatable bonds is 6. The first-order valence-electron chi connectivity index (χ1n) is 10.5. The molecule has 4 rings (SSSR count). The molecule has 2 heterocycles. The van der Waals surface area contributed by atoms with Crippen LogP contribution in [0.25, 0.3) is 0 Å².